The van der Waals surface area contributed by atoms with Gasteiger partial charge in [0.1, 0.15) is 6.17 Å². The fraction of sp³-hybridized carbons (Fsp3) is 0.667. The molecule has 2 aromatic rings. The van der Waals surface area contributed by atoms with E-state index in [0.717, 1.165) is 24.1 Å². The zero-order valence-corrected chi connectivity index (χ0v) is 23.7. The molecule has 3 fully saturated rings. The lowest BCUT2D eigenvalue weighted by atomic mass is 9.84. The van der Waals surface area contributed by atoms with E-state index in [4.69, 9.17) is 5.41 Å². The number of rotatable bonds is 7. The fourth-order valence-corrected chi connectivity index (χ4v) is 6.95. The van der Waals surface area contributed by atoms with Crippen molar-refractivity contribution < 1.29 is 9.18 Å². The SMILES string of the molecule is CC1CCN(C)C(C(NC(=O)c2cc(Cn3ccn(C)c3=N)cc(C3C(C)CC(F)CN3C)c2)C2CC2)C1. The van der Waals surface area contributed by atoms with Gasteiger partial charge in [-0.25, -0.2) is 4.39 Å². The van der Waals surface area contributed by atoms with Gasteiger partial charge in [0.2, 0.25) is 5.62 Å². The molecule has 38 heavy (non-hydrogen) atoms. The second-order valence-corrected chi connectivity index (χ2v) is 12.5. The fourth-order valence-electron chi connectivity index (χ4n) is 6.95. The molecular formula is C30H45FN6O. The van der Waals surface area contributed by atoms with Gasteiger partial charge in [-0.3, -0.25) is 15.1 Å². The molecule has 6 unspecified atom stereocenters. The number of carbonyl (C=O) groups excluding carboxylic acids is 1. The van der Waals surface area contributed by atoms with Gasteiger partial charge in [0.25, 0.3) is 5.91 Å². The van der Waals surface area contributed by atoms with Gasteiger partial charge in [-0.15, -0.1) is 0 Å². The molecule has 2 saturated heterocycles. The number of likely N-dealkylation sites (tertiary alicyclic amines) is 2. The lowest BCUT2D eigenvalue weighted by Crippen LogP contribution is -2.54. The number of amides is 1. The van der Waals surface area contributed by atoms with Crippen molar-refractivity contribution in [3.05, 3.63) is 52.9 Å². The summed E-state index contributed by atoms with van der Waals surface area (Å²) in [5.41, 5.74) is 3.13. The van der Waals surface area contributed by atoms with Crippen molar-refractivity contribution in [3.8, 4) is 0 Å². The molecule has 208 valence electrons. The number of hydrogen-bond donors (Lipinski definition) is 2. The average molecular weight is 525 g/mol. The predicted molar refractivity (Wildman–Crippen MR) is 148 cm³/mol. The second kappa shape index (κ2) is 11.0. The normalized spacial score (nSPS) is 29.8. The van der Waals surface area contributed by atoms with E-state index < -0.39 is 6.17 Å². The molecule has 1 saturated carbocycles. The number of aryl methyl sites for hydroxylation is 1. The number of nitrogens with one attached hydrogen (secondary N) is 2. The number of likely N-dealkylation sites (N-methyl/N-ethyl adjacent to an activating group) is 1. The zero-order chi connectivity index (χ0) is 27.1. The van der Waals surface area contributed by atoms with Crippen molar-refractivity contribution in [2.45, 2.75) is 76.8 Å². The summed E-state index contributed by atoms with van der Waals surface area (Å²) in [6, 6.07) is 6.75. The summed E-state index contributed by atoms with van der Waals surface area (Å²) in [6.07, 6.45) is 8.18. The Morgan fingerprint density at radius 3 is 2.50 bits per heavy atom. The summed E-state index contributed by atoms with van der Waals surface area (Å²) in [7, 11) is 6.04. The van der Waals surface area contributed by atoms with Gasteiger partial charge in [-0.1, -0.05) is 19.9 Å². The molecular weight excluding hydrogens is 479 g/mol. The largest absolute Gasteiger partial charge is 0.347 e. The van der Waals surface area contributed by atoms with Crippen molar-refractivity contribution in [3.63, 3.8) is 0 Å². The van der Waals surface area contributed by atoms with Gasteiger partial charge in [0.05, 0.1) is 6.54 Å². The van der Waals surface area contributed by atoms with Crippen LogP contribution in [0.4, 0.5) is 4.39 Å². The summed E-state index contributed by atoms with van der Waals surface area (Å²) in [5.74, 6) is 1.35. The van der Waals surface area contributed by atoms with Crippen LogP contribution >= 0.6 is 0 Å². The number of imidazole rings is 1. The van der Waals surface area contributed by atoms with E-state index >= 15 is 0 Å². The summed E-state index contributed by atoms with van der Waals surface area (Å²) in [4.78, 5) is 18.4. The van der Waals surface area contributed by atoms with Gasteiger partial charge in [0, 0.05) is 49.7 Å². The van der Waals surface area contributed by atoms with E-state index in [1.165, 1.54) is 19.3 Å². The molecule has 1 amide bonds. The molecule has 8 heteroatoms. The molecule has 6 atom stereocenters. The molecule has 1 aliphatic carbocycles. The Morgan fingerprint density at radius 2 is 1.84 bits per heavy atom. The van der Waals surface area contributed by atoms with E-state index in [9.17, 15) is 9.18 Å². The van der Waals surface area contributed by atoms with Crippen LogP contribution in [0.15, 0.2) is 30.6 Å². The Labute approximate surface area is 226 Å². The van der Waals surface area contributed by atoms with Gasteiger partial charge >= 0.3 is 0 Å². The molecule has 0 spiro atoms. The first-order valence-corrected chi connectivity index (χ1v) is 14.4. The average Bonchev–Trinajstić information content (AvgIpc) is 3.65. The Balaban J connectivity index is 1.46. The topological polar surface area (TPSA) is 69.3 Å². The monoisotopic (exact) mass is 524 g/mol. The third kappa shape index (κ3) is 5.76. The molecule has 7 nitrogen and oxygen atoms in total. The van der Waals surface area contributed by atoms with Crippen LogP contribution in [0.2, 0.25) is 0 Å². The molecule has 2 aliphatic heterocycles. The lowest BCUT2D eigenvalue weighted by molar-refractivity contribution is 0.0650. The maximum Gasteiger partial charge on any atom is 0.251 e. The lowest BCUT2D eigenvalue weighted by Gasteiger charge is -2.41. The van der Waals surface area contributed by atoms with Crippen LogP contribution in [0.3, 0.4) is 0 Å². The third-order valence-electron chi connectivity index (χ3n) is 9.20. The van der Waals surface area contributed by atoms with Crippen LogP contribution in [0.5, 0.6) is 0 Å². The predicted octanol–water partition coefficient (Wildman–Crippen LogP) is 3.94. The van der Waals surface area contributed by atoms with Crippen molar-refractivity contribution in [2.75, 3.05) is 27.2 Å². The Kier molecular flexibility index (Phi) is 7.83. The molecule has 0 bridgehead atoms. The summed E-state index contributed by atoms with van der Waals surface area (Å²) < 4.78 is 18.0. The number of nitrogens with zero attached hydrogens (tertiary/aromatic N) is 4. The smallest absolute Gasteiger partial charge is 0.251 e. The summed E-state index contributed by atoms with van der Waals surface area (Å²) >= 11 is 0. The maximum atomic E-state index is 14.3. The van der Waals surface area contributed by atoms with Crippen LogP contribution in [-0.4, -0.2) is 70.3 Å². The molecule has 3 aliphatic rings. The van der Waals surface area contributed by atoms with Gasteiger partial charge in [-0.2, -0.15) is 0 Å². The summed E-state index contributed by atoms with van der Waals surface area (Å²) in [5, 5.41) is 11.9. The van der Waals surface area contributed by atoms with Crippen molar-refractivity contribution >= 4 is 5.91 Å². The minimum Gasteiger partial charge on any atom is -0.347 e. The number of halogens is 1. The van der Waals surface area contributed by atoms with Crippen molar-refractivity contribution in [1.82, 2.24) is 24.3 Å². The number of alkyl halides is 1. The van der Waals surface area contributed by atoms with E-state index in [-0.39, 0.29) is 23.9 Å². The van der Waals surface area contributed by atoms with Crippen LogP contribution < -0.4 is 10.9 Å². The quantitative estimate of drug-likeness (QED) is 0.577. The van der Waals surface area contributed by atoms with Crippen molar-refractivity contribution in [2.24, 2.45) is 24.8 Å². The number of piperidine rings is 2. The molecule has 1 aromatic heterocycles. The van der Waals surface area contributed by atoms with E-state index in [1.54, 1.807) is 4.57 Å². The summed E-state index contributed by atoms with van der Waals surface area (Å²) in [6.45, 7) is 6.43. The number of carbonyl (C=O) groups is 1. The maximum absolute atomic E-state index is 14.3. The second-order valence-electron chi connectivity index (χ2n) is 12.5. The highest BCUT2D eigenvalue weighted by Crippen LogP contribution is 2.39. The first-order valence-electron chi connectivity index (χ1n) is 14.4. The molecule has 5 rings (SSSR count). The minimum atomic E-state index is -0.822. The Bertz CT molecular complexity index is 1190. The number of hydrogen-bond acceptors (Lipinski definition) is 4. The highest BCUT2D eigenvalue weighted by Gasteiger charge is 2.41. The molecule has 2 N–H and O–H groups in total. The van der Waals surface area contributed by atoms with Crippen LogP contribution in [0, 0.1) is 23.2 Å². The number of aromatic nitrogens is 2. The van der Waals surface area contributed by atoms with Crippen molar-refractivity contribution in [1.29, 1.82) is 5.41 Å². The zero-order valence-electron chi connectivity index (χ0n) is 23.7. The number of benzene rings is 1. The molecule has 1 aromatic carbocycles. The van der Waals surface area contributed by atoms with Gasteiger partial charge in [-0.05, 0) is 93.8 Å². The first kappa shape index (κ1) is 27.1. The van der Waals surface area contributed by atoms with Gasteiger partial charge in [0.15, 0.2) is 0 Å². The van der Waals surface area contributed by atoms with Crippen LogP contribution in [0.25, 0.3) is 0 Å². The highest BCUT2D eigenvalue weighted by atomic mass is 19.1. The standard InChI is InChI=1S/C30H45FN6O/c1-19-8-9-34(3)26(12-19)27(22-6-7-22)33-29(38)24-15-21(17-37-11-10-35(4)30(37)32)14-23(16-24)28-20(2)13-25(31)18-36(28)5/h10-11,14-16,19-20,22,25-28,32H,6-9,12-13,17-18H2,1-5H3,(H,33,38). The molecule has 0 radical (unpaired) electrons. The Morgan fingerprint density at radius 1 is 1.08 bits per heavy atom. The van der Waals surface area contributed by atoms with Crippen LogP contribution in [0.1, 0.15) is 73.5 Å². The highest BCUT2D eigenvalue weighted by molar-refractivity contribution is 5.95. The third-order valence-corrected chi connectivity index (χ3v) is 9.20. The van der Waals surface area contributed by atoms with E-state index in [1.807, 2.05) is 43.2 Å². The minimum absolute atomic E-state index is 0.0183. The molecule has 3 heterocycles. The van der Waals surface area contributed by atoms with Crippen LogP contribution in [-0.2, 0) is 13.6 Å². The Hall–Kier alpha value is -2.45. The van der Waals surface area contributed by atoms with Gasteiger partial charge < -0.3 is 19.4 Å². The van der Waals surface area contributed by atoms with E-state index in [0.29, 0.717) is 48.6 Å². The first-order chi connectivity index (χ1) is 18.1. The van der Waals surface area contributed by atoms with E-state index in [2.05, 4.69) is 42.1 Å².